The summed E-state index contributed by atoms with van der Waals surface area (Å²) in [7, 11) is -4.45. The Bertz CT molecular complexity index is 1620. The van der Waals surface area contributed by atoms with Crippen molar-refractivity contribution in [2.75, 3.05) is 43.7 Å². The number of hydrogen-bond donors (Lipinski definition) is 2. The third-order valence-electron chi connectivity index (χ3n) is 9.08. The maximum Gasteiger partial charge on any atom is 0.227 e. The smallest absolute Gasteiger partial charge is 0.227 e. The van der Waals surface area contributed by atoms with Crippen molar-refractivity contribution in [3.05, 3.63) is 53.7 Å². The molecule has 8 nitrogen and oxygen atoms in total. The Morgan fingerprint density at radius 2 is 1.93 bits per heavy atom. The summed E-state index contributed by atoms with van der Waals surface area (Å²) in [5.74, 6) is 1.68. The molecule has 1 atom stereocenters. The molecule has 0 bridgehead atoms. The molecule has 2 aromatic carbocycles. The van der Waals surface area contributed by atoms with Crippen LogP contribution in [0.15, 0.2) is 42.6 Å². The third-order valence-corrected chi connectivity index (χ3v) is 15.1. The van der Waals surface area contributed by atoms with Crippen LogP contribution < -0.4 is 20.7 Å². The normalized spacial score (nSPS) is 18.5. The van der Waals surface area contributed by atoms with E-state index < -0.39 is 15.5 Å². The van der Waals surface area contributed by atoms with Gasteiger partial charge in [-0.25, -0.2) is 9.97 Å². The molecule has 1 saturated carbocycles. The van der Waals surface area contributed by atoms with Gasteiger partial charge in [0.25, 0.3) is 0 Å². The molecule has 1 aromatic heterocycles. The molecule has 3 aromatic rings. The molecule has 5 rings (SSSR count). The molecule has 0 radical (unpaired) electrons. The lowest BCUT2D eigenvalue weighted by Crippen LogP contribution is -2.45. The molecule has 1 aliphatic carbocycles. The number of fused-ring (bicyclic) bond motifs is 1. The zero-order valence-corrected chi connectivity index (χ0v) is 28.6. The van der Waals surface area contributed by atoms with Crippen LogP contribution in [0.3, 0.4) is 0 Å². The summed E-state index contributed by atoms with van der Waals surface area (Å²) in [5.41, 5.74) is 4.46. The van der Waals surface area contributed by atoms with Gasteiger partial charge in [0.05, 0.1) is 29.2 Å². The third kappa shape index (κ3) is 6.82. The summed E-state index contributed by atoms with van der Waals surface area (Å²) in [6, 6.07) is 13.9. The molecule has 0 unspecified atom stereocenters. The molecule has 2 N–H and O–H groups in total. The van der Waals surface area contributed by atoms with Crippen LogP contribution in [0.25, 0.3) is 11.3 Å². The molecule has 2 heterocycles. The fourth-order valence-corrected chi connectivity index (χ4v) is 6.86. The second-order valence-corrected chi connectivity index (χ2v) is 22.2. The molecule has 0 saturated heterocycles. The standard InChI is InChI=1S/C33H44N5O3PSi/c1-32(2,3)43(7,8)41-21-33(4)20-36-30-24(18-34)15-23(16-26(30)33)27-13-14-35-31(37-27)38-28-17-25(42(5,6)39)11-12-29(28)40-19-22-9-10-22/h11-17,22,36H,9-10,19-21H2,1-8H3,(H,35,37,38)/t33-/m1/s1. The van der Waals surface area contributed by atoms with E-state index in [1.165, 1.54) is 12.8 Å². The van der Waals surface area contributed by atoms with E-state index >= 15 is 0 Å². The fourth-order valence-electron chi connectivity index (χ4n) is 4.88. The first-order valence-electron chi connectivity index (χ1n) is 15.0. The van der Waals surface area contributed by atoms with Gasteiger partial charge in [0.1, 0.15) is 19.0 Å². The maximum absolute atomic E-state index is 12.9. The number of aromatic nitrogens is 2. The summed E-state index contributed by atoms with van der Waals surface area (Å²) in [6.45, 7) is 18.9. The first kappa shape index (κ1) is 31.2. The van der Waals surface area contributed by atoms with Crippen molar-refractivity contribution in [2.45, 2.75) is 64.1 Å². The highest BCUT2D eigenvalue weighted by atomic mass is 31.2. The minimum atomic E-state index is -2.49. The van der Waals surface area contributed by atoms with Gasteiger partial charge < -0.3 is 24.4 Å². The van der Waals surface area contributed by atoms with Gasteiger partial charge in [0, 0.05) is 35.6 Å². The molecule has 1 fully saturated rings. The Balaban J connectivity index is 1.46. The number of ether oxygens (including phenoxy) is 1. The SMILES string of the molecule is CC(C)(C)[Si](C)(C)OC[C@@]1(C)CNc2c(C#N)cc(-c3ccnc(Nc4cc(P(C)(C)=O)ccc4OCC4CC4)n3)cc21. The molecule has 10 heteroatoms. The zero-order chi connectivity index (χ0) is 31.2. The van der Waals surface area contributed by atoms with Crippen molar-refractivity contribution in [1.29, 1.82) is 5.26 Å². The second-order valence-electron chi connectivity index (χ2n) is 14.2. The number of benzene rings is 2. The van der Waals surface area contributed by atoms with Crippen LogP contribution in [0.1, 0.15) is 51.7 Å². The van der Waals surface area contributed by atoms with Gasteiger partial charge in [-0.3, -0.25) is 0 Å². The predicted octanol–water partition coefficient (Wildman–Crippen LogP) is 7.50. The van der Waals surface area contributed by atoms with Crippen molar-refractivity contribution in [2.24, 2.45) is 5.92 Å². The van der Waals surface area contributed by atoms with Crippen molar-refractivity contribution < 1.29 is 13.7 Å². The Morgan fingerprint density at radius 3 is 2.58 bits per heavy atom. The van der Waals surface area contributed by atoms with E-state index in [9.17, 15) is 9.83 Å². The zero-order valence-electron chi connectivity index (χ0n) is 26.7. The minimum Gasteiger partial charge on any atom is -0.491 e. The number of nitrogens with zero attached hydrogens (tertiary/aromatic N) is 3. The second kappa shape index (κ2) is 11.4. The molecule has 0 spiro atoms. The minimum absolute atomic E-state index is 0.107. The van der Waals surface area contributed by atoms with Crippen LogP contribution in [-0.2, 0) is 14.4 Å². The van der Waals surface area contributed by atoms with E-state index in [0.29, 0.717) is 54.3 Å². The average Bonchev–Trinajstić information content (AvgIpc) is 3.71. The highest BCUT2D eigenvalue weighted by Gasteiger charge is 2.42. The number of anilines is 3. The van der Waals surface area contributed by atoms with Crippen molar-refractivity contribution in [3.8, 4) is 23.1 Å². The monoisotopic (exact) mass is 617 g/mol. The topological polar surface area (TPSA) is 109 Å². The highest BCUT2D eigenvalue weighted by molar-refractivity contribution is 7.70. The Morgan fingerprint density at radius 1 is 1.19 bits per heavy atom. The van der Waals surface area contributed by atoms with Crippen molar-refractivity contribution in [1.82, 2.24) is 9.97 Å². The summed E-state index contributed by atoms with van der Waals surface area (Å²) < 4.78 is 25.7. The Hall–Kier alpha value is -3.18. The first-order chi connectivity index (χ1) is 20.1. The lowest BCUT2D eigenvalue weighted by molar-refractivity contribution is 0.220. The van der Waals surface area contributed by atoms with Crippen molar-refractivity contribution >= 4 is 38.1 Å². The fraction of sp³-hybridized carbons (Fsp3) is 0.485. The quantitative estimate of drug-likeness (QED) is 0.178. The molecule has 43 heavy (non-hydrogen) atoms. The van der Waals surface area contributed by atoms with E-state index in [4.69, 9.17) is 14.1 Å². The lowest BCUT2D eigenvalue weighted by Gasteiger charge is -2.39. The first-order valence-corrected chi connectivity index (χ1v) is 20.5. The summed E-state index contributed by atoms with van der Waals surface area (Å²) in [6.07, 6.45) is 4.09. The highest BCUT2D eigenvalue weighted by Crippen LogP contribution is 2.44. The Kier molecular flexibility index (Phi) is 8.28. The van der Waals surface area contributed by atoms with Gasteiger partial charge in [0.2, 0.25) is 5.95 Å². The maximum atomic E-state index is 12.9. The van der Waals surface area contributed by atoms with Crippen LogP contribution in [0.5, 0.6) is 5.75 Å². The van der Waals surface area contributed by atoms with Crippen molar-refractivity contribution in [3.63, 3.8) is 0 Å². The number of rotatable bonds is 10. The molecule has 0 amide bonds. The lowest BCUT2D eigenvalue weighted by atomic mass is 9.83. The summed E-state index contributed by atoms with van der Waals surface area (Å²) in [4.78, 5) is 9.33. The molecule has 228 valence electrons. The van der Waals surface area contributed by atoms with E-state index in [-0.39, 0.29) is 10.5 Å². The van der Waals surface area contributed by atoms with E-state index in [1.807, 2.05) is 30.3 Å². The number of nitrogens with one attached hydrogen (secondary N) is 2. The molecular formula is C33H44N5O3PSi. The van der Waals surface area contributed by atoms with E-state index in [0.717, 1.165) is 22.1 Å². The van der Waals surface area contributed by atoms with Crippen LogP contribution in [-0.4, -0.2) is 51.4 Å². The van der Waals surface area contributed by atoms with Gasteiger partial charge in [0.15, 0.2) is 8.32 Å². The summed E-state index contributed by atoms with van der Waals surface area (Å²) >= 11 is 0. The van der Waals surface area contributed by atoms with Crippen LogP contribution in [0.2, 0.25) is 18.1 Å². The summed E-state index contributed by atoms with van der Waals surface area (Å²) in [5, 5.41) is 17.8. The molecule has 1 aliphatic heterocycles. The average molecular weight is 618 g/mol. The van der Waals surface area contributed by atoms with Gasteiger partial charge >= 0.3 is 0 Å². The Labute approximate surface area is 257 Å². The molecule has 2 aliphatic rings. The van der Waals surface area contributed by atoms with Gasteiger partial charge in [-0.2, -0.15) is 5.26 Å². The van der Waals surface area contributed by atoms with Gasteiger partial charge in [-0.05, 0) is 92.2 Å². The van der Waals surface area contributed by atoms with Gasteiger partial charge in [-0.1, -0.05) is 27.7 Å². The van der Waals surface area contributed by atoms with Crippen LogP contribution >= 0.6 is 7.14 Å². The number of hydrogen-bond acceptors (Lipinski definition) is 8. The van der Waals surface area contributed by atoms with E-state index in [1.54, 1.807) is 19.5 Å². The van der Waals surface area contributed by atoms with Crippen LogP contribution in [0, 0.1) is 17.2 Å². The number of nitriles is 1. The van der Waals surface area contributed by atoms with Gasteiger partial charge in [-0.15, -0.1) is 0 Å². The van der Waals surface area contributed by atoms with E-state index in [2.05, 4.69) is 68.5 Å². The molecular weight excluding hydrogens is 573 g/mol. The largest absolute Gasteiger partial charge is 0.491 e. The predicted molar refractivity (Wildman–Crippen MR) is 178 cm³/mol. The van der Waals surface area contributed by atoms with Crippen LogP contribution in [0.4, 0.5) is 17.3 Å².